The number of anilines is 2. The average Bonchev–Trinajstić information content (AvgIpc) is 2.90. The molecule has 4 rings (SSSR count). The number of halogens is 1. The molecule has 2 aromatic heterocycles. The molecule has 0 saturated heterocycles. The van der Waals surface area contributed by atoms with Crippen molar-refractivity contribution in [2.24, 2.45) is 5.92 Å². The molecule has 14 heteroatoms. The summed E-state index contributed by atoms with van der Waals surface area (Å²) in [6, 6.07) is 18.8. The Kier molecular flexibility index (Phi) is 8.65. The van der Waals surface area contributed by atoms with Crippen LogP contribution in [0, 0.1) is 5.92 Å². The van der Waals surface area contributed by atoms with Crippen molar-refractivity contribution in [2.45, 2.75) is 20.0 Å². The summed E-state index contributed by atoms with van der Waals surface area (Å²) in [4.78, 5) is 46.9. The Labute approximate surface area is 234 Å². The van der Waals surface area contributed by atoms with E-state index in [4.69, 9.17) is 16.3 Å². The number of ether oxygens (including phenoxy) is 1. The molecular weight excluding hydrogens is 560 g/mol. The van der Waals surface area contributed by atoms with Gasteiger partial charge < -0.3 is 10.1 Å². The lowest BCUT2D eigenvalue weighted by molar-refractivity contribution is -0.123. The van der Waals surface area contributed by atoms with Crippen LogP contribution in [0.25, 0.3) is 0 Å². The van der Waals surface area contributed by atoms with Gasteiger partial charge in [0.1, 0.15) is 5.75 Å². The van der Waals surface area contributed by atoms with Crippen LogP contribution in [0.3, 0.4) is 0 Å². The normalized spacial score (nSPS) is 12.0. The molecule has 0 fully saturated rings. The van der Waals surface area contributed by atoms with E-state index in [9.17, 15) is 22.8 Å². The molecule has 12 nitrogen and oxygen atoms in total. The molecule has 4 aromatic rings. The lowest BCUT2D eigenvalue weighted by atomic mass is 10.2. The van der Waals surface area contributed by atoms with Crippen LogP contribution >= 0.6 is 11.6 Å². The fraction of sp³-hybridized carbons (Fsp3) is 0.192. The number of rotatable bonds is 10. The minimum atomic E-state index is -3.81. The fourth-order valence-electron chi connectivity index (χ4n) is 3.60. The molecular formula is C26H25ClN6O6S. The van der Waals surface area contributed by atoms with E-state index in [2.05, 4.69) is 15.3 Å². The highest BCUT2D eigenvalue weighted by atomic mass is 35.5. The quantitative estimate of drug-likeness (QED) is 0.286. The van der Waals surface area contributed by atoms with Gasteiger partial charge in [0.25, 0.3) is 0 Å². The molecule has 208 valence electrons. The maximum Gasteiger partial charge on any atom is 0.354 e. The van der Waals surface area contributed by atoms with Crippen molar-refractivity contribution >= 4 is 39.2 Å². The first-order valence-corrected chi connectivity index (χ1v) is 14.2. The van der Waals surface area contributed by atoms with E-state index in [1.165, 1.54) is 11.5 Å². The number of carbonyl (C=O) groups excluding carboxylic acids is 1. The van der Waals surface area contributed by atoms with E-state index in [1.54, 1.807) is 72.9 Å². The zero-order valence-corrected chi connectivity index (χ0v) is 23.0. The summed E-state index contributed by atoms with van der Waals surface area (Å²) in [5, 5.41) is 3.50. The zero-order valence-electron chi connectivity index (χ0n) is 21.4. The first kappa shape index (κ1) is 28.5. The number of pyridine rings is 1. The van der Waals surface area contributed by atoms with Crippen LogP contribution in [0.15, 0.2) is 82.5 Å². The summed E-state index contributed by atoms with van der Waals surface area (Å²) in [6.45, 7) is 1.04. The number of nitrogens with one attached hydrogen (secondary N) is 2. The third-order valence-electron chi connectivity index (χ3n) is 5.56. The lowest BCUT2D eigenvalue weighted by Gasteiger charge is -2.17. The number of sulfonamides is 1. The van der Waals surface area contributed by atoms with Gasteiger partial charge in [0, 0.05) is 29.5 Å². The molecule has 2 heterocycles. The van der Waals surface area contributed by atoms with Crippen LogP contribution < -0.4 is 26.2 Å². The topological polar surface area (TPSA) is 154 Å². The molecule has 0 unspecified atom stereocenters. The first-order valence-electron chi connectivity index (χ1n) is 11.9. The SMILES string of the molecule is C[C@@H](Cn1c(=O)nc(Nc2ccc(Oc3ccccn3)cc2)n(Cc2ccc(Cl)cc2)c1=O)C(=O)NS(C)(=O)=O. The molecule has 0 aliphatic heterocycles. The molecule has 0 saturated carbocycles. The molecule has 40 heavy (non-hydrogen) atoms. The van der Waals surface area contributed by atoms with Gasteiger partial charge >= 0.3 is 11.4 Å². The van der Waals surface area contributed by atoms with E-state index in [0.717, 1.165) is 10.8 Å². The molecule has 0 aliphatic carbocycles. The molecule has 0 aliphatic rings. The summed E-state index contributed by atoms with van der Waals surface area (Å²) in [5.74, 6) is -0.963. The van der Waals surface area contributed by atoms with Gasteiger partial charge in [0.15, 0.2) is 0 Å². The predicted octanol–water partition coefficient (Wildman–Crippen LogP) is 2.75. The predicted molar refractivity (Wildman–Crippen MR) is 149 cm³/mol. The van der Waals surface area contributed by atoms with Crippen molar-refractivity contribution in [1.82, 2.24) is 23.8 Å². The number of benzene rings is 2. The Bertz CT molecular complexity index is 1720. The molecule has 2 N–H and O–H groups in total. The number of hydrogen-bond acceptors (Lipinski definition) is 9. The second-order valence-electron chi connectivity index (χ2n) is 8.88. The monoisotopic (exact) mass is 584 g/mol. The van der Waals surface area contributed by atoms with Gasteiger partial charge in [-0.3, -0.25) is 14.1 Å². The van der Waals surface area contributed by atoms with Crippen molar-refractivity contribution in [3.8, 4) is 11.6 Å². The van der Waals surface area contributed by atoms with Crippen LogP contribution in [0.2, 0.25) is 5.02 Å². The summed E-state index contributed by atoms with van der Waals surface area (Å²) >= 11 is 5.99. The standard InChI is InChI=1S/C26H25ClN6O6S/c1-17(23(34)31-40(2,37)38)15-33-25(35)30-24(32(26(33)36)16-18-6-8-19(27)9-7-18)29-20-10-12-21(13-11-20)39-22-5-3-4-14-28-22/h3-14,17H,15-16H2,1-2H3,(H,31,34)(H,29,30,35)/t17-/m0/s1. The minimum Gasteiger partial charge on any atom is -0.439 e. The maximum atomic E-state index is 13.5. The number of aromatic nitrogens is 4. The van der Waals surface area contributed by atoms with Gasteiger partial charge in [-0.15, -0.1) is 0 Å². The van der Waals surface area contributed by atoms with Crippen LogP contribution in [0.4, 0.5) is 11.6 Å². The number of amides is 1. The second kappa shape index (κ2) is 12.1. The zero-order chi connectivity index (χ0) is 28.9. The maximum absolute atomic E-state index is 13.5. The summed E-state index contributed by atoms with van der Waals surface area (Å²) < 4.78 is 32.4. The lowest BCUT2D eigenvalue weighted by Crippen LogP contribution is -2.46. The smallest absolute Gasteiger partial charge is 0.354 e. The summed E-state index contributed by atoms with van der Waals surface area (Å²) in [5.41, 5.74) is -0.438. The molecule has 0 bridgehead atoms. The van der Waals surface area contributed by atoms with Gasteiger partial charge in [-0.25, -0.2) is 27.6 Å². The highest BCUT2D eigenvalue weighted by Gasteiger charge is 2.21. The summed E-state index contributed by atoms with van der Waals surface area (Å²) in [7, 11) is -3.81. The summed E-state index contributed by atoms with van der Waals surface area (Å²) in [6.07, 6.45) is 2.44. The number of hydrogen-bond donors (Lipinski definition) is 2. The minimum absolute atomic E-state index is 0.0242. The van der Waals surface area contributed by atoms with E-state index in [0.29, 0.717) is 27.9 Å². The van der Waals surface area contributed by atoms with E-state index >= 15 is 0 Å². The van der Waals surface area contributed by atoms with Crippen molar-refractivity contribution in [3.63, 3.8) is 0 Å². The van der Waals surface area contributed by atoms with Crippen molar-refractivity contribution in [2.75, 3.05) is 11.6 Å². The third-order valence-corrected chi connectivity index (χ3v) is 6.39. The highest BCUT2D eigenvalue weighted by molar-refractivity contribution is 7.89. The largest absolute Gasteiger partial charge is 0.439 e. The van der Waals surface area contributed by atoms with Gasteiger partial charge in [-0.05, 0) is 48.0 Å². The van der Waals surface area contributed by atoms with Crippen LogP contribution in [0.1, 0.15) is 12.5 Å². The van der Waals surface area contributed by atoms with E-state index < -0.39 is 33.2 Å². The number of carbonyl (C=O) groups is 1. The molecule has 0 radical (unpaired) electrons. The first-order chi connectivity index (χ1) is 19.0. The molecule has 2 aromatic carbocycles. The highest BCUT2D eigenvalue weighted by Crippen LogP contribution is 2.22. The van der Waals surface area contributed by atoms with Crippen LogP contribution in [-0.4, -0.2) is 39.7 Å². The average molecular weight is 585 g/mol. The Morgan fingerprint density at radius 2 is 1.73 bits per heavy atom. The van der Waals surface area contributed by atoms with Crippen molar-refractivity contribution in [3.05, 3.63) is 104 Å². The Hall–Kier alpha value is -4.49. The third kappa shape index (κ3) is 7.55. The van der Waals surface area contributed by atoms with Crippen molar-refractivity contribution < 1.29 is 17.9 Å². The van der Waals surface area contributed by atoms with Gasteiger partial charge in [0.2, 0.25) is 27.8 Å². The van der Waals surface area contributed by atoms with Gasteiger partial charge in [-0.2, -0.15) is 4.98 Å². The van der Waals surface area contributed by atoms with Gasteiger partial charge in [-0.1, -0.05) is 36.7 Å². The Balaban J connectivity index is 1.65. The van der Waals surface area contributed by atoms with Crippen LogP contribution in [-0.2, 0) is 27.9 Å². The molecule has 1 atom stereocenters. The molecule has 1 amide bonds. The Morgan fingerprint density at radius 1 is 1.02 bits per heavy atom. The Morgan fingerprint density at radius 3 is 2.35 bits per heavy atom. The van der Waals surface area contributed by atoms with E-state index in [1.807, 2.05) is 4.72 Å². The van der Waals surface area contributed by atoms with Crippen LogP contribution in [0.5, 0.6) is 11.6 Å². The second-order valence-corrected chi connectivity index (χ2v) is 11.1. The van der Waals surface area contributed by atoms with E-state index in [-0.39, 0.29) is 19.0 Å². The van der Waals surface area contributed by atoms with Crippen molar-refractivity contribution in [1.29, 1.82) is 0 Å². The fourth-order valence-corrected chi connectivity index (χ4v) is 4.29. The number of nitrogens with zero attached hydrogens (tertiary/aromatic N) is 4. The van der Waals surface area contributed by atoms with Gasteiger partial charge in [0.05, 0.1) is 18.7 Å². The molecule has 0 spiro atoms.